The maximum Gasteiger partial charge on any atom is 0.223 e. The molecular formula is C23H28ClFN4O. The Hall–Kier alpha value is -2.31. The summed E-state index contributed by atoms with van der Waals surface area (Å²) in [6, 6.07) is 14.5. The fourth-order valence-corrected chi connectivity index (χ4v) is 4.45. The molecule has 0 aliphatic carbocycles. The van der Waals surface area contributed by atoms with Crippen molar-refractivity contribution < 1.29 is 9.18 Å². The van der Waals surface area contributed by atoms with Gasteiger partial charge in [0.05, 0.1) is 10.7 Å². The molecule has 2 aromatic rings. The fraction of sp³-hybridized carbons (Fsp3) is 0.435. The number of rotatable bonds is 5. The molecule has 2 heterocycles. The third-order valence-corrected chi connectivity index (χ3v) is 6.35. The second-order valence-electron chi connectivity index (χ2n) is 7.87. The van der Waals surface area contributed by atoms with E-state index < -0.39 is 0 Å². The minimum absolute atomic E-state index is 0.222. The third-order valence-electron chi connectivity index (χ3n) is 6.03. The molecule has 5 nitrogen and oxygen atoms in total. The number of halogens is 2. The van der Waals surface area contributed by atoms with Gasteiger partial charge >= 0.3 is 0 Å². The number of carbonyl (C=O) groups is 1. The topological polar surface area (TPSA) is 30.0 Å². The van der Waals surface area contributed by atoms with Crippen LogP contribution in [0.2, 0.25) is 5.02 Å². The summed E-state index contributed by atoms with van der Waals surface area (Å²) in [5.74, 6) is 0.00236. The van der Waals surface area contributed by atoms with Crippen molar-refractivity contribution in [2.24, 2.45) is 0 Å². The van der Waals surface area contributed by atoms with Crippen molar-refractivity contribution in [2.75, 3.05) is 68.7 Å². The number of hydrogen-bond acceptors (Lipinski definition) is 4. The highest BCUT2D eigenvalue weighted by molar-refractivity contribution is 6.33. The first-order valence-electron chi connectivity index (χ1n) is 10.6. The van der Waals surface area contributed by atoms with E-state index in [-0.39, 0.29) is 11.7 Å². The van der Waals surface area contributed by atoms with Crippen LogP contribution < -0.4 is 9.80 Å². The average Bonchev–Trinajstić information content (AvgIpc) is 2.79. The van der Waals surface area contributed by atoms with Crippen molar-refractivity contribution in [2.45, 2.75) is 6.42 Å². The van der Waals surface area contributed by atoms with Gasteiger partial charge in [-0.05, 0) is 36.4 Å². The molecule has 160 valence electrons. The summed E-state index contributed by atoms with van der Waals surface area (Å²) in [5.41, 5.74) is 2.11. The van der Waals surface area contributed by atoms with Gasteiger partial charge in [-0.2, -0.15) is 0 Å². The molecule has 2 saturated heterocycles. The smallest absolute Gasteiger partial charge is 0.223 e. The standard InChI is InChI=1S/C23H28ClFN4O/c24-21-3-1-2-4-22(21)28-13-11-26(12-14-28)10-9-23(30)29-17-15-27(16-18-29)20-7-5-19(25)6-8-20/h1-8H,9-18H2. The lowest BCUT2D eigenvalue weighted by molar-refractivity contribution is -0.131. The molecule has 0 saturated carbocycles. The van der Waals surface area contributed by atoms with Crippen LogP contribution in [-0.4, -0.2) is 74.6 Å². The van der Waals surface area contributed by atoms with Gasteiger partial charge in [0, 0.05) is 71.0 Å². The molecule has 2 aromatic carbocycles. The number of carbonyl (C=O) groups excluding carboxylic acids is 1. The molecule has 7 heteroatoms. The number of nitrogens with zero attached hydrogens (tertiary/aromatic N) is 4. The van der Waals surface area contributed by atoms with Crippen LogP contribution in [0.4, 0.5) is 15.8 Å². The van der Waals surface area contributed by atoms with Crippen molar-refractivity contribution in [1.82, 2.24) is 9.80 Å². The van der Waals surface area contributed by atoms with Crippen LogP contribution in [0.15, 0.2) is 48.5 Å². The van der Waals surface area contributed by atoms with E-state index in [2.05, 4.69) is 20.8 Å². The predicted octanol–water partition coefficient (Wildman–Crippen LogP) is 3.34. The summed E-state index contributed by atoms with van der Waals surface area (Å²) in [6.45, 7) is 7.54. The minimum atomic E-state index is -0.222. The van der Waals surface area contributed by atoms with E-state index in [0.29, 0.717) is 6.42 Å². The second kappa shape index (κ2) is 9.67. The average molecular weight is 431 g/mol. The molecular weight excluding hydrogens is 403 g/mol. The Morgan fingerprint density at radius 1 is 0.833 bits per heavy atom. The lowest BCUT2D eigenvalue weighted by atomic mass is 10.2. The Kier molecular flexibility index (Phi) is 6.75. The van der Waals surface area contributed by atoms with Gasteiger partial charge in [-0.15, -0.1) is 0 Å². The predicted molar refractivity (Wildman–Crippen MR) is 120 cm³/mol. The molecule has 0 unspecified atom stereocenters. The molecule has 0 N–H and O–H groups in total. The molecule has 4 rings (SSSR count). The van der Waals surface area contributed by atoms with Crippen molar-refractivity contribution in [3.8, 4) is 0 Å². The third kappa shape index (κ3) is 5.05. The van der Waals surface area contributed by atoms with E-state index in [1.54, 1.807) is 12.1 Å². The summed E-state index contributed by atoms with van der Waals surface area (Å²) < 4.78 is 13.1. The first-order chi connectivity index (χ1) is 14.6. The van der Waals surface area contributed by atoms with E-state index in [1.807, 2.05) is 23.1 Å². The van der Waals surface area contributed by atoms with Gasteiger partial charge in [0.25, 0.3) is 0 Å². The monoisotopic (exact) mass is 430 g/mol. The number of amides is 1. The maximum atomic E-state index is 13.1. The van der Waals surface area contributed by atoms with Crippen molar-refractivity contribution in [3.63, 3.8) is 0 Å². The second-order valence-corrected chi connectivity index (χ2v) is 8.28. The van der Waals surface area contributed by atoms with Crippen LogP contribution in [0.3, 0.4) is 0 Å². The molecule has 1 amide bonds. The van der Waals surface area contributed by atoms with Gasteiger partial charge in [0.15, 0.2) is 0 Å². The highest BCUT2D eigenvalue weighted by Gasteiger charge is 2.23. The van der Waals surface area contributed by atoms with Crippen LogP contribution in [0.5, 0.6) is 0 Å². The number of anilines is 2. The molecule has 2 aliphatic rings. The van der Waals surface area contributed by atoms with Gasteiger partial charge in [-0.1, -0.05) is 23.7 Å². The van der Waals surface area contributed by atoms with Crippen molar-refractivity contribution in [1.29, 1.82) is 0 Å². The first-order valence-corrected chi connectivity index (χ1v) is 11.0. The van der Waals surface area contributed by atoms with Crippen LogP contribution in [-0.2, 0) is 4.79 Å². The summed E-state index contributed by atoms with van der Waals surface area (Å²) in [5, 5.41) is 0.793. The van der Waals surface area contributed by atoms with E-state index in [0.717, 1.165) is 75.3 Å². The number of piperazine rings is 2. The zero-order valence-electron chi connectivity index (χ0n) is 17.1. The highest BCUT2D eigenvalue weighted by atomic mass is 35.5. The minimum Gasteiger partial charge on any atom is -0.368 e. The van der Waals surface area contributed by atoms with E-state index in [1.165, 1.54) is 12.1 Å². The largest absolute Gasteiger partial charge is 0.368 e. The Morgan fingerprint density at radius 3 is 2.13 bits per heavy atom. The Bertz CT molecular complexity index is 847. The summed E-state index contributed by atoms with van der Waals surface area (Å²) in [4.78, 5) is 21.5. The summed E-state index contributed by atoms with van der Waals surface area (Å²) in [6.07, 6.45) is 0.558. The van der Waals surface area contributed by atoms with Gasteiger partial charge in [0.2, 0.25) is 5.91 Å². The van der Waals surface area contributed by atoms with Crippen LogP contribution in [0.25, 0.3) is 0 Å². The molecule has 0 spiro atoms. The van der Waals surface area contributed by atoms with Gasteiger partial charge in [0.1, 0.15) is 5.82 Å². The van der Waals surface area contributed by atoms with Gasteiger partial charge in [-0.3, -0.25) is 9.69 Å². The fourth-order valence-electron chi connectivity index (χ4n) is 4.20. The van der Waals surface area contributed by atoms with Crippen molar-refractivity contribution in [3.05, 3.63) is 59.4 Å². The molecule has 2 aliphatic heterocycles. The first kappa shape index (κ1) is 20.9. The number of hydrogen-bond donors (Lipinski definition) is 0. The van der Waals surface area contributed by atoms with Crippen molar-refractivity contribution >= 4 is 28.9 Å². The SMILES string of the molecule is O=C(CCN1CCN(c2ccccc2Cl)CC1)N1CCN(c2ccc(F)cc2)CC1. The maximum absolute atomic E-state index is 13.1. The molecule has 2 fully saturated rings. The van der Waals surface area contributed by atoms with Crippen LogP contribution in [0.1, 0.15) is 6.42 Å². The molecule has 0 atom stereocenters. The Balaban J connectivity index is 1.19. The van der Waals surface area contributed by atoms with Gasteiger partial charge < -0.3 is 14.7 Å². The summed E-state index contributed by atoms with van der Waals surface area (Å²) >= 11 is 6.31. The molecule has 30 heavy (non-hydrogen) atoms. The number of benzene rings is 2. The van der Waals surface area contributed by atoms with Crippen LogP contribution in [0, 0.1) is 5.82 Å². The Morgan fingerprint density at radius 2 is 1.47 bits per heavy atom. The normalized spacial score (nSPS) is 18.0. The zero-order chi connectivity index (χ0) is 20.9. The lowest BCUT2D eigenvalue weighted by Crippen LogP contribution is -2.50. The lowest BCUT2D eigenvalue weighted by Gasteiger charge is -2.38. The highest BCUT2D eigenvalue weighted by Crippen LogP contribution is 2.26. The van der Waals surface area contributed by atoms with E-state index in [4.69, 9.17) is 11.6 Å². The van der Waals surface area contributed by atoms with E-state index in [9.17, 15) is 9.18 Å². The van der Waals surface area contributed by atoms with E-state index >= 15 is 0 Å². The number of para-hydroxylation sites is 1. The van der Waals surface area contributed by atoms with Gasteiger partial charge in [-0.25, -0.2) is 4.39 Å². The Labute approximate surface area is 182 Å². The quantitative estimate of drug-likeness (QED) is 0.727. The molecule has 0 radical (unpaired) electrons. The van der Waals surface area contributed by atoms with Crippen LogP contribution >= 0.6 is 11.6 Å². The molecule has 0 bridgehead atoms. The molecule has 0 aromatic heterocycles. The summed E-state index contributed by atoms with van der Waals surface area (Å²) in [7, 11) is 0. The zero-order valence-corrected chi connectivity index (χ0v) is 17.9.